The first-order valence-corrected chi connectivity index (χ1v) is 4.63. The Balaban J connectivity index is 2.93. The van der Waals surface area contributed by atoms with E-state index < -0.39 is 16.2 Å². The standard InChI is InChI=1S/C7H7FO4S/c1-11-13(9,10)12-7-5-3-2-4-6(7)8/h2-5H,1H3. The summed E-state index contributed by atoms with van der Waals surface area (Å²) in [5, 5.41) is 0. The van der Waals surface area contributed by atoms with Crippen molar-refractivity contribution in [2.24, 2.45) is 0 Å². The summed E-state index contributed by atoms with van der Waals surface area (Å²) >= 11 is 0. The first-order valence-electron chi connectivity index (χ1n) is 3.30. The van der Waals surface area contributed by atoms with Crippen LogP contribution in [0.25, 0.3) is 0 Å². The van der Waals surface area contributed by atoms with E-state index in [2.05, 4.69) is 8.37 Å². The van der Waals surface area contributed by atoms with E-state index in [-0.39, 0.29) is 5.75 Å². The fraction of sp³-hybridized carbons (Fsp3) is 0.143. The number of hydrogen-bond acceptors (Lipinski definition) is 4. The van der Waals surface area contributed by atoms with E-state index in [9.17, 15) is 12.8 Å². The average Bonchev–Trinajstić information content (AvgIpc) is 2.09. The molecule has 0 spiro atoms. The van der Waals surface area contributed by atoms with Gasteiger partial charge in [0.2, 0.25) is 0 Å². The molecule has 0 aliphatic carbocycles. The van der Waals surface area contributed by atoms with Gasteiger partial charge in [-0.3, -0.25) is 0 Å². The van der Waals surface area contributed by atoms with Gasteiger partial charge in [-0.05, 0) is 12.1 Å². The van der Waals surface area contributed by atoms with Crippen LogP contribution in [0, 0.1) is 5.82 Å². The Morgan fingerprint density at radius 2 is 1.92 bits per heavy atom. The largest absolute Gasteiger partial charge is 0.448 e. The number of benzene rings is 1. The van der Waals surface area contributed by atoms with Gasteiger partial charge in [-0.1, -0.05) is 12.1 Å². The smallest absolute Gasteiger partial charge is 0.359 e. The van der Waals surface area contributed by atoms with E-state index in [1.54, 1.807) is 0 Å². The van der Waals surface area contributed by atoms with E-state index in [0.717, 1.165) is 13.2 Å². The third-order valence-corrected chi connectivity index (χ3v) is 2.02. The lowest BCUT2D eigenvalue weighted by Crippen LogP contribution is -2.11. The lowest BCUT2D eigenvalue weighted by molar-refractivity contribution is 0.325. The lowest BCUT2D eigenvalue weighted by Gasteiger charge is -2.03. The Labute approximate surface area is 75.2 Å². The van der Waals surface area contributed by atoms with Crippen LogP contribution in [-0.2, 0) is 14.6 Å². The minimum atomic E-state index is -4.14. The van der Waals surface area contributed by atoms with E-state index in [1.165, 1.54) is 18.2 Å². The molecule has 0 aromatic heterocycles. The van der Waals surface area contributed by atoms with Gasteiger partial charge in [0, 0.05) is 0 Å². The summed E-state index contributed by atoms with van der Waals surface area (Å²) in [6.45, 7) is 0. The van der Waals surface area contributed by atoms with Crippen LogP contribution in [-0.4, -0.2) is 15.5 Å². The molecule has 0 atom stereocenters. The highest BCUT2D eigenvalue weighted by Gasteiger charge is 2.13. The molecule has 6 heteroatoms. The van der Waals surface area contributed by atoms with Crippen LogP contribution < -0.4 is 4.18 Å². The normalized spacial score (nSPS) is 11.2. The van der Waals surface area contributed by atoms with E-state index in [0.29, 0.717) is 0 Å². The van der Waals surface area contributed by atoms with Crippen LogP contribution in [0.5, 0.6) is 5.75 Å². The van der Waals surface area contributed by atoms with Crippen molar-refractivity contribution in [2.75, 3.05) is 7.11 Å². The summed E-state index contributed by atoms with van der Waals surface area (Å²) < 4.78 is 42.5. The minimum absolute atomic E-state index is 0.385. The molecule has 1 rings (SSSR count). The topological polar surface area (TPSA) is 52.6 Å². The fourth-order valence-electron chi connectivity index (χ4n) is 0.656. The third kappa shape index (κ3) is 2.67. The van der Waals surface area contributed by atoms with Crippen molar-refractivity contribution in [3.8, 4) is 5.75 Å². The summed E-state index contributed by atoms with van der Waals surface area (Å²) in [5.74, 6) is -1.15. The molecule has 0 fully saturated rings. The van der Waals surface area contributed by atoms with Crippen LogP contribution in [0.15, 0.2) is 24.3 Å². The van der Waals surface area contributed by atoms with Crippen LogP contribution in [0.1, 0.15) is 0 Å². The highest BCUT2D eigenvalue weighted by molar-refractivity contribution is 7.82. The molecule has 0 aliphatic heterocycles. The van der Waals surface area contributed by atoms with Crippen LogP contribution in [0.2, 0.25) is 0 Å². The summed E-state index contributed by atoms with van der Waals surface area (Å²) in [5.41, 5.74) is 0. The van der Waals surface area contributed by atoms with Gasteiger partial charge in [0.05, 0.1) is 7.11 Å². The zero-order valence-electron chi connectivity index (χ0n) is 6.73. The summed E-state index contributed by atoms with van der Waals surface area (Å²) in [7, 11) is -3.21. The van der Waals surface area contributed by atoms with Crippen molar-refractivity contribution in [1.82, 2.24) is 0 Å². The van der Waals surface area contributed by atoms with Crippen molar-refractivity contribution in [3.05, 3.63) is 30.1 Å². The first kappa shape index (κ1) is 9.94. The van der Waals surface area contributed by atoms with E-state index >= 15 is 0 Å². The maximum Gasteiger partial charge on any atom is 0.448 e. The molecule has 1 aromatic rings. The second-order valence-corrected chi connectivity index (χ2v) is 3.41. The highest BCUT2D eigenvalue weighted by atomic mass is 32.3. The van der Waals surface area contributed by atoms with Gasteiger partial charge in [-0.15, -0.1) is 0 Å². The molecule has 0 radical (unpaired) electrons. The molecular formula is C7H7FO4S. The molecule has 0 N–H and O–H groups in total. The van der Waals surface area contributed by atoms with Gasteiger partial charge >= 0.3 is 10.4 Å². The zero-order chi connectivity index (χ0) is 9.90. The van der Waals surface area contributed by atoms with Crippen molar-refractivity contribution in [2.45, 2.75) is 0 Å². The Bertz CT molecular complexity index is 387. The lowest BCUT2D eigenvalue weighted by atomic mass is 10.3. The maximum atomic E-state index is 12.8. The van der Waals surface area contributed by atoms with Crippen molar-refractivity contribution in [3.63, 3.8) is 0 Å². The van der Waals surface area contributed by atoms with Crippen LogP contribution in [0.4, 0.5) is 4.39 Å². The predicted octanol–water partition coefficient (Wildman–Crippen LogP) is 1.10. The predicted molar refractivity (Wildman–Crippen MR) is 43.0 cm³/mol. The average molecular weight is 206 g/mol. The second-order valence-electron chi connectivity index (χ2n) is 2.09. The zero-order valence-corrected chi connectivity index (χ0v) is 7.55. The Morgan fingerprint density at radius 3 is 2.46 bits per heavy atom. The number of hydrogen-bond donors (Lipinski definition) is 0. The molecule has 0 unspecified atom stereocenters. The minimum Gasteiger partial charge on any atom is -0.359 e. The molecule has 72 valence electrons. The molecule has 0 aliphatic rings. The Kier molecular flexibility index (Phi) is 2.84. The Morgan fingerprint density at radius 1 is 1.31 bits per heavy atom. The molecule has 13 heavy (non-hydrogen) atoms. The molecule has 0 amide bonds. The van der Waals surface area contributed by atoms with Gasteiger partial charge < -0.3 is 4.18 Å². The van der Waals surface area contributed by atoms with Gasteiger partial charge in [0.15, 0.2) is 11.6 Å². The van der Waals surface area contributed by atoms with Gasteiger partial charge in [0.25, 0.3) is 0 Å². The first-order chi connectivity index (χ1) is 6.05. The summed E-state index contributed by atoms with van der Waals surface area (Å²) in [4.78, 5) is 0. The molecule has 0 saturated carbocycles. The second kappa shape index (κ2) is 3.71. The van der Waals surface area contributed by atoms with Crippen molar-refractivity contribution in [1.29, 1.82) is 0 Å². The quantitative estimate of drug-likeness (QED) is 0.743. The molecule has 0 bridgehead atoms. The maximum absolute atomic E-state index is 12.8. The van der Waals surface area contributed by atoms with Crippen molar-refractivity contribution >= 4 is 10.4 Å². The molecule has 1 aromatic carbocycles. The van der Waals surface area contributed by atoms with Gasteiger partial charge in [-0.2, -0.15) is 8.42 Å². The SMILES string of the molecule is COS(=O)(=O)Oc1ccccc1F. The summed E-state index contributed by atoms with van der Waals surface area (Å²) in [6, 6.07) is 5.14. The number of rotatable bonds is 3. The Hall–Kier alpha value is -1.14. The van der Waals surface area contributed by atoms with Gasteiger partial charge in [-0.25, -0.2) is 8.57 Å². The number of para-hydroxylation sites is 1. The number of halogens is 1. The van der Waals surface area contributed by atoms with Crippen molar-refractivity contribution < 1.29 is 21.2 Å². The van der Waals surface area contributed by atoms with Gasteiger partial charge in [0.1, 0.15) is 0 Å². The third-order valence-electron chi connectivity index (χ3n) is 1.23. The fourth-order valence-corrected chi connectivity index (χ4v) is 1.08. The van der Waals surface area contributed by atoms with E-state index in [1.807, 2.05) is 0 Å². The monoisotopic (exact) mass is 206 g/mol. The highest BCUT2D eigenvalue weighted by Crippen LogP contribution is 2.17. The molecule has 0 saturated heterocycles. The van der Waals surface area contributed by atoms with Crippen LogP contribution >= 0.6 is 0 Å². The molecule has 4 nitrogen and oxygen atoms in total. The molecular weight excluding hydrogens is 199 g/mol. The van der Waals surface area contributed by atoms with E-state index in [4.69, 9.17) is 0 Å². The molecule has 0 heterocycles. The van der Waals surface area contributed by atoms with Crippen LogP contribution in [0.3, 0.4) is 0 Å². The summed E-state index contributed by atoms with van der Waals surface area (Å²) in [6.07, 6.45) is 0.